The molecule has 5 heteroatoms. The van der Waals surface area contributed by atoms with Crippen LogP contribution in [0.1, 0.15) is 41.0 Å². The lowest BCUT2D eigenvalue weighted by Gasteiger charge is -2.53. The van der Waals surface area contributed by atoms with E-state index in [1.807, 2.05) is 6.92 Å². The van der Waals surface area contributed by atoms with Crippen LogP contribution in [0, 0.1) is 11.3 Å². The third-order valence-electron chi connectivity index (χ3n) is 3.85. The fourth-order valence-electron chi connectivity index (χ4n) is 2.61. The Labute approximate surface area is 118 Å². The Kier molecular flexibility index (Phi) is 5.43. The van der Waals surface area contributed by atoms with Crippen molar-refractivity contribution in [2.45, 2.75) is 59.2 Å². The van der Waals surface area contributed by atoms with Gasteiger partial charge in [0.1, 0.15) is 9.84 Å². The summed E-state index contributed by atoms with van der Waals surface area (Å²) in [4.78, 5) is 0. The maximum absolute atomic E-state index is 11.3. The molecule has 0 radical (unpaired) electrons. The zero-order chi connectivity index (χ0) is 14.8. The van der Waals surface area contributed by atoms with E-state index >= 15 is 0 Å². The van der Waals surface area contributed by atoms with Crippen molar-refractivity contribution in [3.05, 3.63) is 0 Å². The van der Waals surface area contributed by atoms with Crippen LogP contribution in [0.25, 0.3) is 0 Å². The average Bonchev–Trinajstić information content (AvgIpc) is 2.19. The molecule has 1 fully saturated rings. The van der Waals surface area contributed by atoms with Gasteiger partial charge in [0.2, 0.25) is 0 Å². The molecule has 3 atom stereocenters. The van der Waals surface area contributed by atoms with E-state index in [2.05, 4.69) is 33.0 Å². The van der Waals surface area contributed by atoms with Gasteiger partial charge in [0.25, 0.3) is 0 Å². The molecule has 1 aliphatic carbocycles. The third-order valence-corrected chi connectivity index (χ3v) is 4.95. The summed E-state index contributed by atoms with van der Waals surface area (Å²) in [7, 11) is -2.92. The molecule has 0 bridgehead atoms. The lowest BCUT2D eigenvalue weighted by molar-refractivity contribution is -0.125. The van der Waals surface area contributed by atoms with Gasteiger partial charge in [-0.1, -0.05) is 27.7 Å². The first-order valence-electron chi connectivity index (χ1n) is 7.07. The number of ether oxygens (including phenoxy) is 1. The van der Waals surface area contributed by atoms with Gasteiger partial charge in [-0.25, -0.2) is 8.42 Å². The second-order valence-electron chi connectivity index (χ2n) is 6.99. The van der Waals surface area contributed by atoms with E-state index in [0.717, 1.165) is 13.0 Å². The quantitative estimate of drug-likeness (QED) is 0.778. The van der Waals surface area contributed by atoms with Crippen LogP contribution in [-0.4, -0.2) is 45.2 Å². The first-order valence-corrected chi connectivity index (χ1v) is 9.13. The zero-order valence-corrected chi connectivity index (χ0v) is 13.9. The van der Waals surface area contributed by atoms with E-state index in [-0.39, 0.29) is 23.3 Å². The Hall–Kier alpha value is -0.130. The molecule has 0 amide bonds. The number of sulfone groups is 1. The normalized spacial score (nSPS) is 28.2. The Bertz CT molecular complexity index is 389. The van der Waals surface area contributed by atoms with Gasteiger partial charge in [0.05, 0.1) is 11.9 Å². The summed E-state index contributed by atoms with van der Waals surface area (Å²) < 4.78 is 28.4. The number of hydrogen-bond acceptors (Lipinski definition) is 4. The van der Waals surface area contributed by atoms with Gasteiger partial charge in [0.15, 0.2) is 0 Å². The fraction of sp³-hybridized carbons (Fsp3) is 1.00. The highest BCUT2D eigenvalue weighted by Crippen LogP contribution is 2.43. The molecule has 1 saturated carbocycles. The van der Waals surface area contributed by atoms with Gasteiger partial charge >= 0.3 is 0 Å². The second kappa shape index (κ2) is 6.10. The maximum atomic E-state index is 11.3. The van der Waals surface area contributed by atoms with Crippen LogP contribution >= 0.6 is 0 Å². The molecule has 4 nitrogen and oxygen atoms in total. The minimum absolute atomic E-state index is 0.00896. The van der Waals surface area contributed by atoms with Crippen molar-refractivity contribution in [2.24, 2.45) is 11.3 Å². The zero-order valence-electron chi connectivity index (χ0n) is 13.1. The first kappa shape index (κ1) is 16.9. The van der Waals surface area contributed by atoms with Crippen LogP contribution in [0.3, 0.4) is 0 Å². The van der Waals surface area contributed by atoms with Crippen LogP contribution in [0.5, 0.6) is 0 Å². The van der Waals surface area contributed by atoms with E-state index in [1.54, 1.807) is 0 Å². The molecule has 1 aliphatic rings. The van der Waals surface area contributed by atoms with Crippen molar-refractivity contribution in [1.82, 2.24) is 5.32 Å². The minimum Gasteiger partial charge on any atom is -0.377 e. The molecule has 1 rings (SSSR count). The summed E-state index contributed by atoms with van der Waals surface area (Å²) in [5.41, 5.74) is 0.0701. The first-order chi connectivity index (χ1) is 8.52. The number of nitrogens with one attached hydrogen (secondary N) is 1. The van der Waals surface area contributed by atoms with Crippen molar-refractivity contribution in [3.63, 3.8) is 0 Å². The lowest BCUT2D eigenvalue weighted by Crippen LogP contribution is -2.63. The molecular formula is C14H29NO3S. The molecule has 0 saturated heterocycles. The standard InChI is InChI=1S/C14H29NO3S/c1-10(2)8-18-13-7-12(14(13,4)5)15-11(3)9-19(6,16)17/h10-13,15H,7-9H2,1-6H3. The molecule has 0 aromatic carbocycles. The molecule has 19 heavy (non-hydrogen) atoms. The van der Waals surface area contributed by atoms with Crippen molar-refractivity contribution in [1.29, 1.82) is 0 Å². The SMILES string of the molecule is CC(C)COC1CC(NC(C)CS(C)(=O)=O)C1(C)C. The van der Waals surface area contributed by atoms with E-state index in [4.69, 9.17) is 4.74 Å². The van der Waals surface area contributed by atoms with Crippen LogP contribution in [0.4, 0.5) is 0 Å². The summed E-state index contributed by atoms with van der Waals surface area (Å²) in [6.07, 6.45) is 2.53. The average molecular weight is 291 g/mol. The summed E-state index contributed by atoms with van der Waals surface area (Å²) in [5.74, 6) is 0.740. The predicted molar refractivity (Wildman–Crippen MR) is 79.1 cm³/mol. The van der Waals surface area contributed by atoms with E-state index in [0.29, 0.717) is 12.0 Å². The molecular weight excluding hydrogens is 262 g/mol. The highest BCUT2D eigenvalue weighted by atomic mass is 32.2. The van der Waals surface area contributed by atoms with Crippen LogP contribution in [-0.2, 0) is 14.6 Å². The van der Waals surface area contributed by atoms with Crippen molar-refractivity contribution < 1.29 is 13.2 Å². The van der Waals surface area contributed by atoms with Crippen molar-refractivity contribution >= 4 is 9.84 Å². The van der Waals surface area contributed by atoms with Crippen LogP contribution < -0.4 is 5.32 Å². The van der Waals surface area contributed by atoms with Gasteiger partial charge in [-0.15, -0.1) is 0 Å². The van der Waals surface area contributed by atoms with Crippen LogP contribution in [0.2, 0.25) is 0 Å². The fourth-order valence-corrected chi connectivity index (χ4v) is 3.61. The van der Waals surface area contributed by atoms with Gasteiger partial charge < -0.3 is 10.1 Å². The summed E-state index contributed by atoms with van der Waals surface area (Å²) >= 11 is 0. The van der Waals surface area contributed by atoms with Crippen molar-refractivity contribution in [2.75, 3.05) is 18.6 Å². The molecule has 0 spiro atoms. The van der Waals surface area contributed by atoms with E-state index < -0.39 is 9.84 Å². The molecule has 0 aromatic rings. The van der Waals surface area contributed by atoms with Crippen molar-refractivity contribution in [3.8, 4) is 0 Å². The highest BCUT2D eigenvalue weighted by molar-refractivity contribution is 7.90. The lowest BCUT2D eigenvalue weighted by atomic mass is 9.64. The molecule has 0 aliphatic heterocycles. The maximum Gasteiger partial charge on any atom is 0.148 e. The minimum atomic E-state index is -2.92. The summed E-state index contributed by atoms with van der Waals surface area (Å²) in [6, 6.07) is 0.326. The smallest absolute Gasteiger partial charge is 0.148 e. The Balaban J connectivity index is 2.42. The largest absolute Gasteiger partial charge is 0.377 e. The Morgan fingerprint density at radius 3 is 2.32 bits per heavy atom. The van der Waals surface area contributed by atoms with Gasteiger partial charge in [-0.2, -0.15) is 0 Å². The number of rotatable bonds is 7. The molecule has 0 heterocycles. The molecule has 3 unspecified atom stereocenters. The molecule has 1 N–H and O–H groups in total. The van der Waals surface area contributed by atoms with Gasteiger partial charge in [0, 0.05) is 30.4 Å². The molecule has 114 valence electrons. The van der Waals surface area contributed by atoms with Crippen LogP contribution in [0.15, 0.2) is 0 Å². The Morgan fingerprint density at radius 1 is 1.32 bits per heavy atom. The monoisotopic (exact) mass is 291 g/mol. The summed E-state index contributed by atoms with van der Waals surface area (Å²) in [6.45, 7) is 11.4. The summed E-state index contributed by atoms with van der Waals surface area (Å²) in [5, 5.41) is 3.42. The highest BCUT2D eigenvalue weighted by Gasteiger charge is 2.49. The van der Waals surface area contributed by atoms with Gasteiger partial charge in [-0.05, 0) is 19.3 Å². The topological polar surface area (TPSA) is 55.4 Å². The Morgan fingerprint density at radius 2 is 1.89 bits per heavy atom. The predicted octanol–water partition coefficient (Wildman–Crippen LogP) is 1.85. The third kappa shape index (κ3) is 5.04. The second-order valence-corrected chi connectivity index (χ2v) is 9.17. The number of hydrogen-bond donors (Lipinski definition) is 1. The van der Waals surface area contributed by atoms with E-state index in [9.17, 15) is 8.42 Å². The molecule has 0 aromatic heterocycles. The van der Waals surface area contributed by atoms with E-state index in [1.165, 1.54) is 6.26 Å². The van der Waals surface area contributed by atoms with Gasteiger partial charge in [-0.3, -0.25) is 0 Å².